The summed E-state index contributed by atoms with van der Waals surface area (Å²) < 4.78 is 2.19. The molecule has 0 fully saturated rings. The van der Waals surface area contributed by atoms with Gasteiger partial charge in [0, 0.05) is 17.8 Å². The molecule has 2 aromatic heterocycles. The van der Waals surface area contributed by atoms with Gasteiger partial charge in [-0.3, -0.25) is 0 Å². The molecule has 0 aliphatic carbocycles. The highest BCUT2D eigenvalue weighted by Gasteiger charge is 2.27. The molecule has 2 heterocycles. The number of aromatic nitrogens is 3. The summed E-state index contributed by atoms with van der Waals surface area (Å²) >= 11 is 0. The fraction of sp³-hybridized carbons (Fsp3) is 0.188. The Morgan fingerprint density at radius 1 is 1.21 bits per heavy atom. The maximum atomic E-state index is 4.40. The first-order valence-corrected chi connectivity index (χ1v) is 6.38. The highest BCUT2D eigenvalue weighted by molar-refractivity contribution is 5.75. The number of hydrogen-bond acceptors (Lipinski definition) is 2. The largest absolute Gasteiger partial charge is 0.322 e. The monoisotopic (exact) mass is 250 g/mol. The number of hydrogen-bond donors (Lipinski definition) is 0. The Balaban J connectivity index is 2.22. The normalized spacial score (nSPS) is 14.4. The molecular weight excluding hydrogens is 234 g/mol. The number of nitrogens with zero attached hydrogens (tertiary/aromatic N) is 3. The average molecular weight is 250 g/mol. The number of rotatable bonds is 3. The van der Waals surface area contributed by atoms with Crippen molar-refractivity contribution in [3.05, 3.63) is 67.6 Å². The van der Waals surface area contributed by atoms with Crippen molar-refractivity contribution < 1.29 is 0 Å². The highest BCUT2D eigenvalue weighted by Crippen LogP contribution is 2.32. The van der Waals surface area contributed by atoms with Crippen LogP contribution in [0.15, 0.2) is 55.1 Å². The average Bonchev–Trinajstić information content (AvgIpc) is 2.92. The van der Waals surface area contributed by atoms with E-state index >= 15 is 0 Å². The third-order valence-corrected chi connectivity index (χ3v) is 3.76. The molecule has 0 amide bonds. The Kier molecular flexibility index (Phi) is 2.82. The molecule has 0 aliphatic heterocycles. The van der Waals surface area contributed by atoms with E-state index < -0.39 is 0 Å². The standard InChI is InChI=1S/C16H16N3/c1-3-16(2,14-7-5-4-6-8-14)19-10-9-13-11-17-12-18-15(13)19/h4-12H,1,3H2,2H3. The fourth-order valence-electron chi connectivity index (χ4n) is 2.48. The van der Waals surface area contributed by atoms with Gasteiger partial charge in [-0.15, -0.1) is 0 Å². The zero-order valence-corrected chi connectivity index (χ0v) is 11.0. The zero-order valence-electron chi connectivity index (χ0n) is 11.0. The molecule has 1 radical (unpaired) electrons. The molecule has 0 spiro atoms. The topological polar surface area (TPSA) is 30.7 Å². The zero-order chi connectivity index (χ0) is 13.3. The van der Waals surface area contributed by atoms with Crippen LogP contribution in [0.1, 0.15) is 18.9 Å². The van der Waals surface area contributed by atoms with Gasteiger partial charge in [0.05, 0.1) is 5.54 Å². The van der Waals surface area contributed by atoms with Gasteiger partial charge in [0.1, 0.15) is 12.0 Å². The van der Waals surface area contributed by atoms with Crippen LogP contribution in [0.2, 0.25) is 0 Å². The van der Waals surface area contributed by atoms with Gasteiger partial charge in [0.15, 0.2) is 0 Å². The Bertz CT molecular complexity index is 687. The minimum Gasteiger partial charge on any atom is -0.322 e. The number of fused-ring (bicyclic) bond motifs is 1. The van der Waals surface area contributed by atoms with Crippen LogP contribution in [-0.2, 0) is 5.54 Å². The molecule has 3 rings (SSSR count). The molecular formula is C16H16N3. The van der Waals surface area contributed by atoms with Crippen molar-refractivity contribution in [2.45, 2.75) is 18.9 Å². The van der Waals surface area contributed by atoms with Crippen molar-refractivity contribution in [1.29, 1.82) is 0 Å². The second-order valence-corrected chi connectivity index (χ2v) is 4.88. The molecule has 0 N–H and O–H groups in total. The summed E-state index contributed by atoms with van der Waals surface area (Å²) in [6.45, 7) is 6.32. The van der Waals surface area contributed by atoms with Crippen LogP contribution < -0.4 is 0 Å². The lowest BCUT2D eigenvalue weighted by atomic mass is 9.89. The SMILES string of the molecule is [CH2]CC(C)(c1ccccc1)n1ccc2cncnc21. The van der Waals surface area contributed by atoms with Crippen molar-refractivity contribution in [3.63, 3.8) is 0 Å². The van der Waals surface area contributed by atoms with Crippen LogP contribution in [0.5, 0.6) is 0 Å². The lowest BCUT2D eigenvalue weighted by Crippen LogP contribution is -2.30. The molecule has 3 heteroatoms. The van der Waals surface area contributed by atoms with Gasteiger partial charge in [-0.05, 0) is 25.0 Å². The first kappa shape index (κ1) is 11.9. The van der Waals surface area contributed by atoms with Gasteiger partial charge in [0.2, 0.25) is 0 Å². The van der Waals surface area contributed by atoms with E-state index in [0.29, 0.717) is 0 Å². The van der Waals surface area contributed by atoms with E-state index in [-0.39, 0.29) is 5.54 Å². The van der Waals surface area contributed by atoms with Crippen LogP contribution in [0.3, 0.4) is 0 Å². The molecule has 3 aromatic rings. The number of benzene rings is 1. The molecule has 95 valence electrons. The van der Waals surface area contributed by atoms with Gasteiger partial charge in [-0.2, -0.15) is 0 Å². The molecule has 1 unspecified atom stereocenters. The van der Waals surface area contributed by atoms with Gasteiger partial charge in [-0.25, -0.2) is 9.97 Å². The summed E-state index contributed by atoms with van der Waals surface area (Å²) in [6, 6.07) is 12.5. The Morgan fingerprint density at radius 3 is 2.74 bits per heavy atom. The maximum absolute atomic E-state index is 4.40. The molecule has 19 heavy (non-hydrogen) atoms. The molecule has 0 saturated carbocycles. The van der Waals surface area contributed by atoms with Crippen LogP contribution in [0, 0.1) is 6.92 Å². The van der Waals surface area contributed by atoms with Gasteiger partial charge < -0.3 is 4.57 Å². The maximum Gasteiger partial charge on any atom is 0.144 e. The van der Waals surface area contributed by atoms with E-state index in [2.05, 4.69) is 58.8 Å². The molecule has 0 saturated heterocycles. The quantitative estimate of drug-likeness (QED) is 0.713. The van der Waals surface area contributed by atoms with Crippen molar-refractivity contribution in [1.82, 2.24) is 14.5 Å². The Morgan fingerprint density at radius 2 is 2.00 bits per heavy atom. The summed E-state index contributed by atoms with van der Waals surface area (Å²) in [5, 5.41) is 1.05. The Hall–Kier alpha value is -2.16. The fourth-order valence-corrected chi connectivity index (χ4v) is 2.48. The second kappa shape index (κ2) is 4.50. The summed E-state index contributed by atoms with van der Waals surface area (Å²) in [5.74, 6) is 0. The second-order valence-electron chi connectivity index (χ2n) is 4.88. The van der Waals surface area contributed by atoms with Crippen molar-refractivity contribution in [2.75, 3.05) is 0 Å². The Labute approximate surface area is 112 Å². The summed E-state index contributed by atoms with van der Waals surface area (Å²) in [5.41, 5.74) is 1.99. The van der Waals surface area contributed by atoms with Crippen LogP contribution in [0.4, 0.5) is 0 Å². The molecule has 0 bridgehead atoms. The molecule has 1 atom stereocenters. The summed E-state index contributed by atoms with van der Waals surface area (Å²) in [4.78, 5) is 8.47. The van der Waals surface area contributed by atoms with Crippen LogP contribution >= 0.6 is 0 Å². The molecule has 1 aromatic carbocycles. The van der Waals surface area contributed by atoms with E-state index in [0.717, 1.165) is 17.5 Å². The molecule has 0 aliphatic rings. The van der Waals surface area contributed by atoms with E-state index in [1.807, 2.05) is 18.3 Å². The first-order chi connectivity index (χ1) is 9.25. The molecule has 3 nitrogen and oxygen atoms in total. The van der Waals surface area contributed by atoms with Crippen molar-refractivity contribution >= 4 is 11.0 Å². The minimum absolute atomic E-state index is 0.197. The highest BCUT2D eigenvalue weighted by atomic mass is 15.1. The van der Waals surface area contributed by atoms with E-state index in [1.165, 1.54) is 5.56 Å². The summed E-state index contributed by atoms with van der Waals surface area (Å²) in [6.07, 6.45) is 6.25. The minimum atomic E-state index is -0.197. The smallest absolute Gasteiger partial charge is 0.144 e. The predicted octanol–water partition coefficient (Wildman–Crippen LogP) is 3.42. The van der Waals surface area contributed by atoms with Crippen molar-refractivity contribution in [3.8, 4) is 0 Å². The van der Waals surface area contributed by atoms with E-state index in [1.54, 1.807) is 6.33 Å². The van der Waals surface area contributed by atoms with E-state index in [9.17, 15) is 0 Å². The lowest BCUT2D eigenvalue weighted by Gasteiger charge is -2.31. The predicted molar refractivity (Wildman–Crippen MR) is 76.7 cm³/mol. The lowest BCUT2D eigenvalue weighted by molar-refractivity contribution is 0.407. The third-order valence-electron chi connectivity index (χ3n) is 3.76. The van der Waals surface area contributed by atoms with Gasteiger partial charge >= 0.3 is 0 Å². The van der Waals surface area contributed by atoms with Crippen LogP contribution in [-0.4, -0.2) is 14.5 Å². The first-order valence-electron chi connectivity index (χ1n) is 6.38. The summed E-state index contributed by atoms with van der Waals surface area (Å²) in [7, 11) is 0. The van der Waals surface area contributed by atoms with E-state index in [4.69, 9.17) is 0 Å². The van der Waals surface area contributed by atoms with Gasteiger partial charge in [0.25, 0.3) is 0 Å². The van der Waals surface area contributed by atoms with Crippen LogP contribution in [0.25, 0.3) is 11.0 Å². The van der Waals surface area contributed by atoms with Gasteiger partial charge in [-0.1, -0.05) is 37.3 Å². The van der Waals surface area contributed by atoms with Crippen molar-refractivity contribution in [2.24, 2.45) is 0 Å². The third kappa shape index (κ3) is 1.82.